The van der Waals surface area contributed by atoms with Gasteiger partial charge in [0.25, 0.3) is 0 Å². The molecule has 1 saturated carbocycles. The molecule has 1 heterocycles. The number of nitrogens with one attached hydrogen (secondary N) is 1. The number of rotatable bonds is 8. The average Bonchev–Trinajstić information content (AvgIpc) is 3.09. The topological polar surface area (TPSA) is 30.5 Å². The van der Waals surface area contributed by atoms with E-state index in [9.17, 15) is 0 Å². The van der Waals surface area contributed by atoms with Crippen LogP contribution in [0.25, 0.3) is 0 Å². The fourth-order valence-electron chi connectivity index (χ4n) is 3.36. The molecule has 0 aromatic heterocycles. The maximum absolute atomic E-state index is 6.03. The van der Waals surface area contributed by atoms with Gasteiger partial charge in [-0.2, -0.15) is 0 Å². The van der Waals surface area contributed by atoms with Crippen LogP contribution in [0.4, 0.5) is 0 Å². The summed E-state index contributed by atoms with van der Waals surface area (Å²) in [6.45, 7) is 2.97. The Morgan fingerprint density at radius 1 is 1.35 bits per heavy atom. The first-order valence-corrected chi connectivity index (χ1v) is 7.07. The quantitative estimate of drug-likeness (QED) is 0.661. The first kappa shape index (κ1) is 13.3. The minimum absolute atomic E-state index is 0.406. The lowest BCUT2D eigenvalue weighted by Gasteiger charge is -2.34. The molecule has 1 aliphatic carbocycles. The molecule has 2 fully saturated rings. The Bertz CT molecular complexity index is 230. The summed E-state index contributed by atoms with van der Waals surface area (Å²) in [7, 11) is 3.86. The highest BCUT2D eigenvalue weighted by molar-refractivity contribution is 5.00. The average molecular weight is 241 g/mol. The first-order valence-electron chi connectivity index (χ1n) is 7.07. The van der Waals surface area contributed by atoms with Crippen LogP contribution in [0.15, 0.2) is 0 Å². The van der Waals surface area contributed by atoms with Gasteiger partial charge in [-0.1, -0.05) is 6.42 Å². The zero-order valence-corrected chi connectivity index (χ0v) is 11.3. The van der Waals surface area contributed by atoms with Gasteiger partial charge >= 0.3 is 0 Å². The normalized spacial score (nSPS) is 33.2. The Morgan fingerprint density at radius 2 is 2.18 bits per heavy atom. The Labute approximate surface area is 105 Å². The molecule has 0 aromatic carbocycles. The van der Waals surface area contributed by atoms with Gasteiger partial charge in [-0.3, -0.25) is 0 Å². The zero-order chi connectivity index (χ0) is 12.1. The van der Waals surface area contributed by atoms with E-state index < -0.39 is 0 Å². The fraction of sp³-hybridized carbons (Fsp3) is 1.00. The van der Waals surface area contributed by atoms with E-state index in [-0.39, 0.29) is 0 Å². The van der Waals surface area contributed by atoms with Crippen LogP contribution in [0.2, 0.25) is 0 Å². The maximum Gasteiger partial charge on any atom is 0.0672 e. The van der Waals surface area contributed by atoms with Crippen molar-refractivity contribution >= 4 is 0 Å². The van der Waals surface area contributed by atoms with Crippen LogP contribution < -0.4 is 5.32 Å². The third-order valence-corrected chi connectivity index (χ3v) is 4.35. The number of ether oxygens (including phenoxy) is 2. The van der Waals surface area contributed by atoms with Crippen molar-refractivity contribution in [2.45, 2.75) is 44.6 Å². The summed E-state index contributed by atoms with van der Waals surface area (Å²) in [5.74, 6) is 0.855. The van der Waals surface area contributed by atoms with E-state index in [1.165, 1.54) is 38.5 Å². The monoisotopic (exact) mass is 241 g/mol. The predicted octanol–water partition coefficient (Wildman–Crippen LogP) is 2.21. The van der Waals surface area contributed by atoms with Crippen molar-refractivity contribution in [3.63, 3.8) is 0 Å². The molecule has 17 heavy (non-hydrogen) atoms. The van der Waals surface area contributed by atoms with Crippen LogP contribution in [-0.4, -0.2) is 40.0 Å². The van der Waals surface area contributed by atoms with Gasteiger partial charge < -0.3 is 14.8 Å². The van der Waals surface area contributed by atoms with E-state index in [2.05, 4.69) is 12.4 Å². The third kappa shape index (κ3) is 3.21. The Balaban J connectivity index is 1.88. The van der Waals surface area contributed by atoms with Crippen molar-refractivity contribution in [3.8, 4) is 0 Å². The molecule has 0 amide bonds. The minimum Gasteiger partial charge on any atom is -0.385 e. The highest BCUT2D eigenvalue weighted by Crippen LogP contribution is 2.49. The number of unbranched alkanes of at least 4 members (excludes halogenated alkanes) is 1. The van der Waals surface area contributed by atoms with Crippen LogP contribution in [-0.2, 0) is 9.47 Å². The molecule has 100 valence electrons. The minimum atomic E-state index is 0.406. The summed E-state index contributed by atoms with van der Waals surface area (Å²) < 4.78 is 11.2. The van der Waals surface area contributed by atoms with E-state index in [1.807, 2.05) is 0 Å². The number of hydrogen-bond acceptors (Lipinski definition) is 3. The SMILES string of the molecule is CNCC1(CCCCOC)CCOC1C1CC1. The summed E-state index contributed by atoms with van der Waals surface area (Å²) in [5, 5.41) is 3.39. The lowest BCUT2D eigenvalue weighted by atomic mass is 9.75. The van der Waals surface area contributed by atoms with Crippen molar-refractivity contribution in [2.24, 2.45) is 11.3 Å². The van der Waals surface area contributed by atoms with Gasteiger partial charge in [-0.05, 0) is 45.1 Å². The second kappa shape index (κ2) is 6.17. The molecular formula is C14H27NO2. The lowest BCUT2D eigenvalue weighted by molar-refractivity contribution is 0.0253. The molecule has 2 unspecified atom stereocenters. The molecule has 2 rings (SSSR count). The molecule has 3 nitrogen and oxygen atoms in total. The zero-order valence-electron chi connectivity index (χ0n) is 11.3. The summed E-state index contributed by atoms with van der Waals surface area (Å²) >= 11 is 0. The van der Waals surface area contributed by atoms with Crippen LogP contribution in [0, 0.1) is 11.3 Å². The van der Waals surface area contributed by atoms with Gasteiger partial charge in [-0.25, -0.2) is 0 Å². The van der Waals surface area contributed by atoms with Crippen LogP contribution in [0.3, 0.4) is 0 Å². The standard InChI is InChI=1S/C14H27NO2/c1-15-11-14(7-3-4-9-16-2)8-10-17-13(14)12-5-6-12/h12-13,15H,3-11H2,1-2H3. The molecule has 0 bridgehead atoms. The highest BCUT2D eigenvalue weighted by atomic mass is 16.5. The molecular weight excluding hydrogens is 214 g/mol. The fourth-order valence-corrected chi connectivity index (χ4v) is 3.36. The summed E-state index contributed by atoms with van der Waals surface area (Å²) in [6.07, 6.45) is 8.27. The summed E-state index contributed by atoms with van der Waals surface area (Å²) in [5.41, 5.74) is 0.406. The molecule has 0 radical (unpaired) electrons. The van der Waals surface area contributed by atoms with E-state index >= 15 is 0 Å². The van der Waals surface area contributed by atoms with Gasteiger partial charge in [0.05, 0.1) is 6.10 Å². The van der Waals surface area contributed by atoms with Gasteiger partial charge in [-0.15, -0.1) is 0 Å². The van der Waals surface area contributed by atoms with Crippen molar-refractivity contribution in [2.75, 3.05) is 33.9 Å². The van der Waals surface area contributed by atoms with Crippen LogP contribution in [0.5, 0.6) is 0 Å². The molecule has 2 atom stereocenters. The predicted molar refractivity (Wildman–Crippen MR) is 69.2 cm³/mol. The second-order valence-corrected chi connectivity index (χ2v) is 5.72. The first-order chi connectivity index (χ1) is 8.32. The molecule has 1 saturated heterocycles. The van der Waals surface area contributed by atoms with Gasteiger partial charge in [0, 0.05) is 32.3 Å². The highest BCUT2D eigenvalue weighted by Gasteiger charge is 2.49. The Morgan fingerprint density at radius 3 is 2.82 bits per heavy atom. The van der Waals surface area contributed by atoms with Crippen molar-refractivity contribution in [1.29, 1.82) is 0 Å². The summed E-state index contributed by atoms with van der Waals surface area (Å²) in [6, 6.07) is 0. The van der Waals surface area contributed by atoms with E-state index in [0.717, 1.165) is 25.7 Å². The third-order valence-electron chi connectivity index (χ3n) is 4.35. The molecule has 3 heteroatoms. The smallest absolute Gasteiger partial charge is 0.0672 e. The van der Waals surface area contributed by atoms with E-state index in [0.29, 0.717) is 11.5 Å². The van der Waals surface area contributed by atoms with Gasteiger partial charge in [0.15, 0.2) is 0 Å². The summed E-state index contributed by atoms with van der Waals surface area (Å²) in [4.78, 5) is 0. The molecule has 0 aromatic rings. The van der Waals surface area contributed by atoms with Crippen LogP contribution in [0.1, 0.15) is 38.5 Å². The molecule has 1 N–H and O–H groups in total. The van der Waals surface area contributed by atoms with Gasteiger partial charge in [0.2, 0.25) is 0 Å². The van der Waals surface area contributed by atoms with Gasteiger partial charge in [0.1, 0.15) is 0 Å². The maximum atomic E-state index is 6.03. The lowest BCUT2D eigenvalue weighted by Crippen LogP contribution is -2.41. The Kier molecular flexibility index (Phi) is 4.83. The van der Waals surface area contributed by atoms with Crippen molar-refractivity contribution in [1.82, 2.24) is 5.32 Å². The van der Waals surface area contributed by atoms with Crippen LogP contribution >= 0.6 is 0 Å². The second-order valence-electron chi connectivity index (χ2n) is 5.72. The Hall–Kier alpha value is -0.120. The molecule has 0 spiro atoms. The number of hydrogen-bond donors (Lipinski definition) is 1. The van der Waals surface area contributed by atoms with Crippen molar-refractivity contribution < 1.29 is 9.47 Å². The van der Waals surface area contributed by atoms with E-state index in [4.69, 9.17) is 9.47 Å². The largest absolute Gasteiger partial charge is 0.385 e. The molecule has 1 aliphatic heterocycles. The van der Waals surface area contributed by atoms with Crippen molar-refractivity contribution in [3.05, 3.63) is 0 Å². The molecule has 2 aliphatic rings. The van der Waals surface area contributed by atoms with E-state index in [1.54, 1.807) is 7.11 Å². The number of methoxy groups -OCH3 is 1.